The molecule has 3 N–H and O–H groups in total. The maximum Gasteiger partial charge on any atom is 0.338 e. The van der Waals surface area contributed by atoms with Crippen LogP contribution in [0.2, 0.25) is 5.02 Å². The SMILES string of the molecule is Nc1cc(C(=O)OCC(=O)NCCCSc2ccccc2)ccc1Cl. The molecule has 0 spiro atoms. The van der Waals surface area contributed by atoms with Crippen molar-refractivity contribution < 1.29 is 14.3 Å². The Hall–Kier alpha value is -2.18. The van der Waals surface area contributed by atoms with Gasteiger partial charge in [-0.25, -0.2) is 4.79 Å². The summed E-state index contributed by atoms with van der Waals surface area (Å²) in [4.78, 5) is 24.7. The normalized spacial score (nSPS) is 10.3. The van der Waals surface area contributed by atoms with Crippen molar-refractivity contribution in [3.05, 3.63) is 59.1 Å². The lowest BCUT2D eigenvalue weighted by Crippen LogP contribution is -2.29. The van der Waals surface area contributed by atoms with Gasteiger partial charge in [0.1, 0.15) is 0 Å². The molecule has 0 atom stereocenters. The number of benzene rings is 2. The van der Waals surface area contributed by atoms with Crippen LogP contribution in [0.5, 0.6) is 0 Å². The summed E-state index contributed by atoms with van der Waals surface area (Å²) >= 11 is 7.52. The van der Waals surface area contributed by atoms with Crippen LogP contribution in [0, 0.1) is 0 Å². The topological polar surface area (TPSA) is 81.4 Å². The Morgan fingerprint density at radius 1 is 1.16 bits per heavy atom. The number of nitrogens with two attached hydrogens (primary N) is 1. The lowest BCUT2D eigenvalue weighted by atomic mass is 10.2. The summed E-state index contributed by atoms with van der Waals surface area (Å²) in [5.41, 5.74) is 6.18. The average molecular weight is 379 g/mol. The van der Waals surface area contributed by atoms with Gasteiger partial charge in [0.05, 0.1) is 16.3 Å². The van der Waals surface area contributed by atoms with Gasteiger partial charge in [-0.05, 0) is 42.5 Å². The van der Waals surface area contributed by atoms with E-state index in [-0.39, 0.29) is 23.8 Å². The Morgan fingerprint density at radius 2 is 1.92 bits per heavy atom. The van der Waals surface area contributed by atoms with Crippen molar-refractivity contribution in [3.63, 3.8) is 0 Å². The standard InChI is InChI=1S/C18H19ClN2O3S/c19-15-8-7-13(11-16(15)20)18(23)24-12-17(22)21-9-4-10-25-14-5-2-1-3-6-14/h1-3,5-8,11H,4,9-10,12,20H2,(H,21,22). The van der Waals surface area contributed by atoms with E-state index >= 15 is 0 Å². The van der Waals surface area contributed by atoms with E-state index in [1.54, 1.807) is 11.8 Å². The maximum atomic E-state index is 11.8. The van der Waals surface area contributed by atoms with Crippen molar-refractivity contribution in [2.24, 2.45) is 0 Å². The van der Waals surface area contributed by atoms with Crippen LogP contribution in [-0.2, 0) is 9.53 Å². The molecule has 5 nitrogen and oxygen atoms in total. The molecular formula is C18H19ClN2O3S. The molecule has 0 aliphatic carbocycles. The molecule has 0 aromatic heterocycles. The number of rotatable bonds is 8. The molecule has 0 fully saturated rings. The van der Waals surface area contributed by atoms with Crippen molar-refractivity contribution in [1.29, 1.82) is 0 Å². The zero-order chi connectivity index (χ0) is 18.1. The summed E-state index contributed by atoms with van der Waals surface area (Å²) in [6.45, 7) is 0.206. The zero-order valence-corrected chi connectivity index (χ0v) is 15.1. The summed E-state index contributed by atoms with van der Waals surface area (Å²) in [5, 5.41) is 3.08. The first kappa shape index (κ1) is 19.1. The number of carbonyl (C=O) groups excluding carboxylic acids is 2. The van der Waals surface area contributed by atoms with Crippen molar-refractivity contribution in [3.8, 4) is 0 Å². The van der Waals surface area contributed by atoms with Crippen molar-refractivity contribution >= 4 is 40.9 Å². The Kier molecular flexibility index (Phi) is 7.63. The summed E-state index contributed by atoms with van der Waals surface area (Å²) < 4.78 is 4.96. The van der Waals surface area contributed by atoms with Gasteiger partial charge in [0, 0.05) is 11.4 Å². The van der Waals surface area contributed by atoms with Gasteiger partial charge in [0.15, 0.2) is 6.61 Å². The van der Waals surface area contributed by atoms with Gasteiger partial charge >= 0.3 is 5.97 Å². The van der Waals surface area contributed by atoms with Crippen LogP contribution >= 0.6 is 23.4 Å². The van der Waals surface area contributed by atoms with Crippen LogP contribution in [0.15, 0.2) is 53.4 Å². The van der Waals surface area contributed by atoms with E-state index in [1.165, 1.54) is 23.1 Å². The van der Waals surface area contributed by atoms with Crippen LogP contribution in [0.1, 0.15) is 16.8 Å². The fourth-order valence-electron chi connectivity index (χ4n) is 1.94. The minimum atomic E-state index is -0.613. The number of nitrogen functional groups attached to an aromatic ring is 1. The molecule has 0 saturated carbocycles. The quantitative estimate of drug-likeness (QED) is 0.318. The Bertz CT molecular complexity index is 726. The molecule has 0 unspecified atom stereocenters. The molecule has 1 amide bonds. The van der Waals surface area contributed by atoms with Gasteiger partial charge in [-0.3, -0.25) is 4.79 Å². The Labute approximate surface area is 155 Å². The van der Waals surface area contributed by atoms with Gasteiger partial charge in [-0.2, -0.15) is 0 Å². The molecule has 0 saturated heterocycles. The molecule has 2 aromatic carbocycles. The largest absolute Gasteiger partial charge is 0.452 e. The minimum absolute atomic E-state index is 0.258. The summed E-state index contributed by atoms with van der Waals surface area (Å²) in [7, 11) is 0. The number of anilines is 1. The molecule has 0 radical (unpaired) electrons. The molecule has 25 heavy (non-hydrogen) atoms. The van der Waals surface area contributed by atoms with Gasteiger partial charge in [-0.1, -0.05) is 29.8 Å². The fourth-order valence-corrected chi connectivity index (χ4v) is 2.93. The minimum Gasteiger partial charge on any atom is -0.452 e. The van der Waals surface area contributed by atoms with Gasteiger partial charge < -0.3 is 15.8 Å². The van der Waals surface area contributed by atoms with E-state index in [9.17, 15) is 9.59 Å². The summed E-state index contributed by atoms with van der Waals surface area (Å²) in [6.07, 6.45) is 0.826. The summed E-state index contributed by atoms with van der Waals surface area (Å²) in [5.74, 6) is -0.0492. The van der Waals surface area contributed by atoms with Gasteiger partial charge in [0.2, 0.25) is 0 Å². The second kappa shape index (κ2) is 9.96. The van der Waals surface area contributed by atoms with Crippen LogP contribution in [0.4, 0.5) is 5.69 Å². The molecule has 2 rings (SSSR count). The first-order valence-electron chi connectivity index (χ1n) is 7.73. The predicted octanol–water partition coefficient (Wildman–Crippen LogP) is 3.38. The van der Waals surface area contributed by atoms with E-state index in [1.807, 2.05) is 30.3 Å². The molecule has 7 heteroatoms. The molecule has 0 bridgehead atoms. The van der Waals surface area contributed by atoms with Gasteiger partial charge in [-0.15, -0.1) is 11.8 Å². The average Bonchev–Trinajstić information content (AvgIpc) is 2.62. The lowest BCUT2D eigenvalue weighted by molar-refractivity contribution is -0.124. The highest BCUT2D eigenvalue weighted by molar-refractivity contribution is 7.99. The predicted molar refractivity (Wildman–Crippen MR) is 101 cm³/mol. The Balaban J connectivity index is 1.61. The first-order valence-corrected chi connectivity index (χ1v) is 9.09. The second-order valence-corrected chi connectivity index (χ2v) is 6.75. The van der Waals surface area contributed by atoms with E-state index in [0.29, 0.717) is 11.6 Å². The third-order valence-electron chi connectivity index (χ3n) is 3.22. The number of carbonyl (C=O) groups is 2. The van der Waals surface area contributed by atoms with E-state index in [4.69, 9.17) is 22.1 Å². The van der Waals surface area contributed by atoms with Crippen LogP contribution in [-0.4, -0.2) is 30.8 Å². The number of hydrogen-bond donors (Lipinski definition) is 2. The van der Waals surface area contributed by atoms with E-state index in [0.717, 1.165) is 12.2 Å². The fraction of sp³-hybridized carbons (Fsp3) is 0.222. The van der Waals surface area contributed by atoms with Gasteiger partial charge in [0.25, 0.3) is 5.91 Å². The number of nitrogens with one attached hydrogen (secondary N) is 1. The third-order valence-corrected chi connectivity index (χ3v) is 4.66. The molecule has 2 aromatic rings. The number of hydrogen-bond acceptors (Lipinski definition) is 5. The number of halogens is 1. The number of ether oxygens (including phenoxy) is 1. The van der Waals surface area contributed by atoms with E-state index < -0.39 is 5.97 Å². The first-order chi connectivity index (χ1) is 12.1. The van der Waals surface area contributed by atoms with Crippen molar-refractivity contribution in [2.45, 2.75) is 11.3 Å². The number of esters is 1. The molecule has 0 aliphatic rings. The smallest absolute Gasteiger partial charge is 0.338 e. The monoisotopic (exact) mass is 378 g/mol. The molecule has 0 heterocycles. The molecular weight excluding hydrogens is 360 g/mol. The highest BCUT2D eigenvalue weighted by Crippen LogP contribution is 2.20. The highest BCUT2D eigenvalue weighted by atomic mass is 35.5. The number of amides is 1. The third kappa shape index (κ3) is 6.68. The zero-order valence-electron chi connectivity index (χ0n) is 13.5. The van der Waals surface area contributed by atoms with Crippen molar-refractivity contribution in [1.82, 2.24) is 5.32 Å². The maximum absolute atomic E-state index is 11.8. The van der Waals surface area contributed by atoms with Crippen LogP contribution < -0.4 is 11.1 Å². The molecule has 0 aliphatic heterocycles. The highest BCUT2D eigenvalue weighted by Gasteiger charge is 2.11. The van der Waals surface area contributed by atoms with E-state index in [2.05, 4.69) is 5.32 Å². The molecule has 132 valence electrons. The van der Waals surface area contributed by atoms with Crippen LogP contribution in [0.3, 0.4) is 0 Å². The number of thioether (sulfide) groups is 1. The second-order valence-electron chi connectivity index (χ2n) is 5.18. The van der Waals surface area contributed by atoms with Crippen LogP contribution in [0.25, 0.3) is 0 Å². The Morgan fingerprint density at radius 3 is 2.64 bits per heavy atom. The van der Waals surface area contributed by atoms with Crippen molar-refractivity contribution in [2.75, 3.05) is 24.6 Å². The lowest BCUT2D eigenvalue weighted by Gasteiger charge is -2.07. The summed E-state index contributed by atoms with van der Waals surface area (Å²) in [6, 6.07) is 14.5.